The summed E-state index contributed by atoms with van der Waals surface area (Å²) in [6.07, 6.45) is 2.46. The lowest BCUT2D eigenvalue weighted by Gasteiger charge is -1.89. The van der Waals surface area contributed by atoms with Gasteiger partial charge < -0.3 is 4.42 Å². The molecule has 3 aromatic rings. The van der Waals surface area contributed by atoms with Crippen LogP contribution in [0.25, 0.3) is 20.0 Å². The number of alkyl halides is 1. The number of aromatic nitrogens is 1. The Labute approximate surface area is 105 Å². The van der Waals surface area contributed by atoms with Crippen LogP contribution in [0.1, 0.15) is 5.89 Å². The van der Waals surface area contributed by atoms with E-state index in [4.69, 9.17) is 16.0 Å². The van der Waals surface area contributed by atoms with E-state index in [1.54, 1.807) is 28.9 Å². The zero-order valence-electron chi connectivity index (χ0n) is 8.27. The summed E-state index contributed by atoms with van der Waals surface area (Å²) in [6.45, 7) is 0. The maximum Gasteiger partial charge on any atom is 0.196 e. The van der Waals surface area contributed by atoms with Crippen LogP contribution < -0.4 is 0 Å². The average molecular weight is 270 g/mol. The SMILES string of the molecule is ClCCc1ncc(-c2cc3sccc3s2)o1. The van der Waals surface area contributed by atoms with Crippen molar-refractivity contribution >= 4 is 43.7 Å². The summed E-state index contributed by atoms with van der Waals surface area (Å²) < 4.78 is 8.23. The van der Waals surface area contributed by atoms with Gasteiger partial charge in [-0.25, -0.2) is 4.98 Å². The second kappa shape index (κ2) is 4.20. The van der Waals surface area contributed by atoms with Crippen LogP contribution in [0.15, 0.2) is 28.1 Å². The lowest BCUT2D eigenvalue weighted by molar-refractivity contribution is 0.516. The first-order valence-corrected chi connectivity index (χ1v) is 7.08. The Morgan fingerprint density at radius 3 is 3.12 bits per heavy atom. The van der Waals surface area contributed by atoms with Crippen LogP contribution in [0, 0.1) is 0 Å². The molecule has 0 unspecified atom stereocenters. The molecule has 0 aliphatic heterocycles. The summed E-state index contributed by atoms with van der Waals surface area (Å²) in [4.78, 5) is 5.33. The Hall–Kier alpha value is -0.840. The molecule has 5 heteroatoms. The largest absolute Gasteiger partial charge is 0.440 e. The maximum absolute atomic E-state index is 5.64. The molecular formula is C11H8ClNOS2. The highest BCUT2D eigenvalue weighted by atomic mass is 35.5. The van der Waals surface area contributed by atoms with Gasteiger partial charge >= 0.3 is 0 Å². The highest BCUT2D eigenvalue weighted by Gasteiger charge is 2.10. The van der Waals surface area contributed by atoms with Crippen LogP contribution in [-0.2, 0) is 6.42 Å². The molecule has 82 valence electrons. The van der Waals surface area contributed by atoms with E-state index < -0.39 is 0 Å². The standard InChI is InChI=1S/C11H8ClNOS2/c12-3-1-11-13-6-7(14-11)9-5-10-8(16-9)2-4-15-10/h2,4-6H,1,3H2. The van der Waals surface area contributed by atoms with Gasteiger partial charge in [0, 0.05) is 21.7 Å². The normalized spacial score (nSPS) is 11.3. The maximum atomic E-state index is 5.64. The van der Waals surface area contributed by atoms with Crippen molar-refractivity contribution in [2.24, 2.45) is 0 Å². The number of aryl methyl sites for hydroxylation is 1. The molecule has 16 heavy (non-hydrogen) atoms. The first-order valence-electron chi connectivity index (χ1n) is 4.85. The van der Waals surface area contributed by atoms with Crippen molar-refractivity contribution in [2.45, 2.75) is 6.42 Å². The zero-order chi connectivity index (χ0) is 11.0. The average Bonchev–Trinajstić information content (AvgIpc) is 2.88. The van der Waals surface area contributed by atoms with Crippen LogP contribution in [0.4, 0.5) is 0 Å². The van der Waals surface area contributed by atoms with Crippen molar-refractivity contribution in [3.8, 4) is 10.6 Å². The van der Waals surface area contributed by atoms with Gasteiger partial charge in [-0.1, -0.05) is 0 Å². The van der Waals surface area contributed by atoms with Crippen LogP contribution >= 0.6 is 34.3 Å². The van der Waals surface area contributed by atoms with E-state index in [2.05, 4.69) is 22.5 Å². The van der Waals surface area contributed by atoms with Gasteiger partial charge in [0.05, 0.1) is 11.1 Å². The Morgan fingerprint density at radius 2 is 2.31 bits per heavy atom. The smallest absolute Gasteiger partial charge is 0.196 e. The second-order valence-corrected chi connectivity index (χ2v) is 5.73. The van der Waals surface area contributed by atoms with E-state index in [-0.39, 0.29) is 0 Å². The van der Waals surface area contributed by atoms with E-state index in [1.165, 1.54) is 9.40 Å². The zero-order valence-corrected chi connectivity index (χ0v) is 10.7. The molecule has 0 bridgehead atoms. The van der Waals surface area contributed by atoms with E-state index in [1.807, 2.05) is 0 Å². The minimum Gasteiger partial charge on any atom is -0.440 e. The lowest BCUT2D eigenvalue weighted by atomic mass is 10.4. The number of halogens is 1. The van der Waals surface area contributed by atoms with Gasteiger partial charge in [0.25, 0.3) is 0 Å². The summed E-state index contributed by atoms with van der Waals surface area (Å²) in [5, 5.41) is 2.10. The summed E-state index contributed by atoms with van der Waals surface area (Å²) in [5.41, 5.74) is 0. The number of oxazole rings is 1. The molecule has 0 aromatic carbocycles. The van der Waals surface area contributed by atoms with Crippen LogP contribution in [0.5, 0.6) is 0 Å². The molecule has 2 nitrogen and oxygen atoms in total. The van der Waals surface area contributed by atoms with E-state index in [0.717, 1.165) is 10.6 Å². The van der Waals surface area contributed by atoms with Crippen molar-refractivity contribution in [1.29, 1.82) is 0 Å². The molecule has 0 aliphatic rings. The van der Waals surface area contributed by atoms with E-state index in [9.17, 15) is 0 Å². The van der Waals surface area contributed by atoms with Crippen molar-refractivity contribution in [2.75, 3.05) is 5.88 Å². The van der Waals surface area contributed by atoms with Crippen molar-refractivity contribution in [3.63, 3.8) is 0 Å². The predicted octanol–water partition coefficient (Wildman–Crippen LogP) is 4.40. The molecule has 0 saturated heterocycles. The number of hydrogen-bond donors (Lipinski definition) is 0. The monoisotopic (exact) mass is 269 g/mol. The van der Waals surface area contributed by atoms with Gasteiger partial charge in [0.1, 0.15) is 0 Å². The van der Waals surface area contributed by atoms with Crippen molar-refractivity contribution in [3.05, 3.63) is 29.6 Å². The molecular weight excluding hydrogens is 262 g/mol. The minimum atomic E-state index is 0.541. The third-order valence-corrected chi connectivity index (χ3v) is 4.54. The number of nitrogens with zero attached hydrogens (tertiary/aromatic N) is 1. The topological polar surface area (TPSA) is 26.0 Å². The fraction of sp³-hybridized carbons (Fsp3) is 0.182. The van der Waals surface area contributed by atoms with Gasteiger partial charge in [-0.3, -0.25) is 0 Å². The third-order valence-electron chi connectivity index (χ3n) is 2.24. The number of rotatable bonds is 3. The molecule has 3 aromatic heterocycles. The number of hydrogen-bond acceptors (Lipinski definition) is 4. The van der Waals surface area contributed by atoms with Gasteiger partial charge in [0.15, 0.2) is 11.7 Å². The molecule has 0 amide bonds. The number of fused-ring (bicyclic) bond motifs is 1. The van der Waals surface area contributed by atoms with Gasteiger partial charge in [-0.15, -0.1) is 34.3 Å². The summed E-state index contributed by atoms with van der Waals surface area (Å²) in [6, 6.07) is 4.28. The van der Waals surface area contributed by atoms with Gasteiger partial charge in [-0.05, 0) is 17.5 Å². The van der Waals surface area contributed by atoms with E-state index >= 15 is 0 Å². The Morgan fingerprint density at radius 1 is 1.38 bits per heavy atom. The Balaban J connectivity index is 1.98. The van der Waals surface area contributed by atoms with Crippen molar-refractivity contribution in [1.82, 2.24) is 4.98 Å². The molecule has 0 aliphatic carbocycles. The molecule has 0 saturated carbocycles. The minimum absolute atomic E-state index is 0.541. The van der Waals surface area contributed by atoms with Gasteiger partial charge in [-0.2, -0.15) is 0 Å². The van der Waals surface area contributed by atoms with E-state index in [0.29, 0.717) is 18.2 Å². The highest BCUT2D eigenvalue weighted by Crippen LogP contribution is 2.36. The molecule has 0 spiro atoms. The summed E-state index contributed by atoms with van der Waals surface area (Å²) in [7, 11) is 0. The number of thiophene rings is 2. The quantitative estimate of drug-likeness (QED) is 0.659. The Kier molecular flexibility index (Phi) is 2.71. The fourth-order valence-electron chi connectivity index (χ4n) is 1.51. The second-order valence-electron chi connectivity index (χ2n) is 3.32. The van der Waals surface area contributed by atoms with Crippen molar-refractivity contribution < 1.29 is 4.42 Å². The molecule has 0 atom stereocenters. The first kappa shape index (κ1) is 10.3. The predicted molar refractivity (Wildman–Crippen MR) is 69.6 cm³/mol. The third kappa shape index (κ3) is 1.77. The molecule has 3 rings (SSSR count). The molecule has 0 N–H and O–H groups in total. The van der Waals surface area contributed by atoms with Crippen LogP contribution in [0.3, 0.4) is 0 Å². The lowest BCUT2D eigenvalue weighted by Crippen LogP contribution is -1.83. The summed E-state index contributed by atoms with van der Waals surface area (Å²) in [5.74, 6) is 2.09. The molecule has 0 fully saturated rings. The van der Waals surface area contributed by atoms with Gasteiger partial charge in [0.2, 0.25) is 0 Å². The first-order chi connectivity index (χ1) is 7.86. The highest BCUT2D eigenvalue weighted by molar-refractivity contribution is 7.28. The molecule has 3 heterocycles. The fourth-order valence-corrected chi connectivity index (χ4v) is 3.72. The Bertz CT molecular complexity index is 582. The van der Waals surface area contributed by atoms with Crippen LogP contribution in [-0.4, -0.2) is 10.9 Å². The molecule has 0 radical (unpaired) electrons. The van der Waals surface area contributed by atoms with Crippen LogP contribution in [0.2, 0.25) is 0 Å². The summed E-state index contributed by atoms with van der Waals surface area (Å²) >= 11 is 9.12.